The average Bonchev–Trinajstić information content (AvgIpc) is 2.45. The van der Waals surface area contributed by atoms with Crippen LogP contribution < -0.4 is 10.1 Å². The van der Waals surface area contributed by atoms with Gasteiger partial charge in [-0.25, -0.2) is 4.98 Å². The fraction of sp³-hybridized carbons (Fsp3) is 0.286. The first kappa shape index (κ1) is 13.3. The minimum atomic E-state index is -0.581. The van der Waals surface area contributed by atoms with Crippen LogP contribution in [-0.2, 0) is 0 Å². The van der Waals surface area contributed by atoms with Gasteiger partial charge >= 0.3 is 0 Å². The summed E-state index contributed by atoms with van der Waals surface area (Å²) in [6, 6.07) is 11.2. The molecule has 5 nitrogen and oxygen atoms in total. The summed E-state index contributed by atoms with van der Waals surface area (Å²) in [6.07, 6.45) is -0.581. The van der Waals surface area contributed by atoms with Crippen molar-refractivity contribution < 1.29 is 9.84 Å². The molecule has 0 saturated carbocycles. The lowest BCUT2D eigenvalue weighted by molar-refractivity contribution is 0.191. The molecule has 100 valence electrons. The molecule has 2 N–H and O–H groups in total. The summed E-state index contributed by atoms with van der Waals surface area (Å²) in [4.78, 5) is 8.34. The summed E-state index contributed by atoms with van der Waals surface area (Å²) in [6.45, 7) is 2.17. The van der Waals surface area contributed by atoms with Crippen LogP contribution in [0, 0.1) is 6.92 Å². The third-order valence-electron chi connectivity index (χ3n) is 2.68. The zero-order chi connectivity index (χ0) is 13.7. The Labute approximate surface area is 112 Å². The van der Waals surface area contributed by atoms with Gasteiger partial charge in [0.15, 0.2) is 0 Å². The first-order valence-electron chi connectivity index (χ1n) is 6.05. The van der Waals surface area contributed by atoms with Crippen LogP contribution in [0.3, 0.4) is 0 Å². The van der Waals surface area contributed by atoms with Gasteiger partial charge in [0.25, 0.3) is 0 Å². The second kappa shape index (κ2) is 6.15. The topological polar surface area (TPSA) is 67.3 Å². The van der Waals surface area contributed by atoms with Gasteiger partial charge < -0.3 is 15.2 Å². The first-order chi connectivity index (χ1) is 9.19. The zero-order valence-corrected chi connectivity index (χ0v) is 11.0. The van der Waals surface area contributed by atoms with Crippen LogP contribution in [0.1, 0.15) is 17.5 Å². The fourth-order valence-electron chi connectivity index (χ4n) is 1.73. The molecule has 0 spiro atoms. The van der Waals surface area contributed by atoms with Gasteiger partial charge in [0.1, 0.15) is 11.6 Å². The highest BCUT2D eigenvalue weighted by atomic mass is 16.5. The molecule has 2 rings (SSSR count). The highest BCUT2D eigenvalue weighted by Gasteiger charge is 2.08. The monoisotopic (exact) mass is 259 g/mol. The highest BCUT2D eigenvalue weighted by molar-refractivity contribution is 5.38. The van der Waals surface area contributed by atoms with E-state index >= 15 is 0 Å². The molecular weight excluding hydrogens is 242 g/mol. The van der Waals surface area contributed by atoms with Crippen LogP contribution in [-0.4, -0.2) is 28.7 Å². The second-order valence-corrected chi connectivity index (χ2v) is 4.15. The molecule has 0 fully saturated rings. The summed E-state index contributed by atoms with van der Waals surface area (Å²) >= 11 is 0. The van der Waals surface area contributed by atoms with E-state index in [0.717, 1.165) is 5.56 Å². The van der Waals surface area contributed by atoms with Crippen molar-refractivity contribution in [3.05, 3.63) is 47.8 Å². The molecule has 1 unspecified atom stereocenters. The molecule has 0 saturated heterocycles. The standard InChI is InChI=1S/C14H17N3O2/c1-10-16-13(8-14(17-10)19-2)15-9-12(18)11-6-4-3-5-7-11/h3-8,12,18H,9H2,1-2H3,(H,15,16,17). The maximum absolute atomic E-state index is 10.0. The Morgan fingerprint density at radius 1 is 1.26 bits per heavy atom. The number of rotatable bonds is 5. The molecule has 0 amide bonds. The molecule has 1 aromatic heterocycles. The Balaban J connectivity index is 2.01. The number of aromatic nitrogens is 2. The van der Waals surface area contributed by atoms with Crippen molar-refractivity contribution in [3.63, 3.8) is 0 Å². The number of nitrogens with zero attached hydrogens (tertiary/aromatic N) is 2. The molecule has 1 heterocycles. The zero-order valence-electron chi connectivity index (χ0n) is 11.0. The third kappa shape index (κ3) is 3.66. The van der Waals surface area contributed by atoms with Crippen LogP contribution >= 0.6 is 0 Å². The first-order valence-corrected chi connectivity index (χ1v) is 6.05. The van der Waals surface area contributed by atoms with Gasteiger partial charge in [-0.2, -0.15) is 4.98 Å². The maximum atomic E-state index is 10.0. The van der Waals surface area contributed by atoms with E-state index in [0.29, 0.717) is 24.1 Å². The Hall–Kier alpha value is -2.14. The summed E-state index contributed by atoms with van der Waals surface area (Å²) < 4.78 is 5.07. The Morgan fingerprint density at radius 2 is 2.00 bits per heavy atom. The number of aliphatic hydroxyl groups excluding tert-OH is 1. The van der Waals surface area contributed by atoms with Crippen molar-refractivity contribution in [2.45, 2.75) is 13.0 Å². The van der Waals surface area contributed by atoms with Gasteiger partial charge in [0.2, 0.25) is 5.88 Å². The molecule has 0 aliphatic rings. The third-order valence-corrected chi connectivity index (χ3v) is 2.68. The van der Waals surface area contributed by atoms with Crippen LogP contribution in [0.4, 0.5) is 5.82 Å². The smallest absolute Gasteiger partial charge is 0.218 e. The van der Waals surface area contributed by atoms with Gasteiger partial charge in [-0.15, -0.1) is 0 Å². The number of anilines is 1. The molecule has 19 heavy (non-hydrogen) atoms. The summed E-state index contributed by atoms with van der Waals surface area (Å²) in [5.41, 5.74) is 0.868. The van der Waals surface area contributed by atoms with Crippen molar-refractivity contribution in [2.24, 2.45) is 0 Å². The lowest BCUT2D eigenvalue weighted by Crippen LogP contribution is -2.13. The number of aryl methyl sites for hydroxylation is 1. The fourth-order valence-corrected chi connectivity index (χ4v) is 1.73. The molecule has 0 aliphatic heterocycles. The number of nitrogens with one attached hydrogen (secondary N) is 1. The van der Waals surface area contributed by atoms with Crippen molar-refractivity contribution in [2.75, 3.05) is 19.0 Å². The van der Waals surface area contributed by atoms with E-state index in [9.17, 15) is 5.11 Å². The van der Waals surface area contributed by atoms with Crippen molar-refractivity contribution >= 4 is 5.82 Å². The van der Waals surface area contributed by atoms with Gasteiger partial charge in [-0.1, -0.05) is 30.3 Å². The highest BCUT2D eigenvalue weighted by Crippen LogP contribution is 2.16. The molecule has 1 aromatic carbocycles. The Morgan fingerprint density at radius 3 is 2.68 bits per heavy atom. The SMILES string of the molecule is COc1cc(NCC(O)c2ccccc2)nc(C)n1. The van der Waals surface area contributed by atoms with Crippen LogP contribution in [0.25, 0.3) is 0 Å². The summed E-state index contributed by atoms with van der Waals surface area (Å²) in [7, 11) is 1.56. The van der Waals surface area contributed by atoms with Crippen molar-refractivity contribution in [1.82, 2.24) is 9.97 Å². The van der Waals surface area contributed by atoms with E-state index in [1.165, 1.54) is 0 Å². The van der Waals surface area contributed by atoms with Crippen molar-refractivity contribution in [3.8, 4) is 5.88 Å². The molecule has 0 aliphatic carbocycles. The minimum absolute atomic E-state index is 0.379. The molecule has 2 aromatic rings. The number of methoxy groups -OCH3 is 1. The van der Waals surface area contributed by atoms with Gasteiger partial charge in [-0.05, 0) is 12.5 Å². The van der Waals surface area contributed by atoms with E-state index in [4.69, 9.17) is 4.74 Å². The lowest BCUT2D eigenvalue weighted by Gasteiger charge is -2.13. The van der Waals surface area contributed by atoms with Crippen LogP contribution in [0.5, 0.6) is 5.88 Å². The number of benzene rings is 1. The van der Waals surface area contributed by atoms with E-state index < -0.39 is 6.10 Å². The lowest BCUT2D eigenvalue weighted by atomic mass is 10.1. The average molecular weight is 259 g/mol. The summed E-state index contributed by atoms with van der Waals surface area (Å²) in [5.74, 6) is 1.76. The number of aliphatic hydroxyl groups is 1. The predicted octanol–water partition coefficient (Wildman–Crippen LogP) is 1.94. The Bertz CT molecular complexity index is 531. The summed E-state index contributed by atoms with van der Waals surface area (Å²) in [5, 5.41) is 13.1. The van der Waals surface area contributed by atoms with Crippen molar-refractivity contribution in [1.29, 1.82) is 0 Å². The largest absolute Gasteiger partial charge is 0.481 e. The van der Waals surface area contributed by atoms with Crippen LogP contribution in [0.2, 0.25) is 0 Å². The molecule has 1 atom stereocenters. The Kier molecular flexibility index (Phi) is 4.30. The molecule has 0 radical (unpaired) electrons. The number of hydrogen-bond acceptors (Lipinski definition) is 5. The van der Waals surface area contributed by atoms with E-state index in [2.05, 4.69) is 15.3 Å². The molecular formula is C14H17N3O2. The normalized spacial score (nSPS) is 11.9. The van der Waals surface area contributed by atoms with E-state index in [1.807, 2.05) is 30.3 Å². The van der Waals surface area contributed by atoms with Gasteiger partial charge in [-0.3, -0.25) is 0 Å². The molecule has 5 heteroatoms. The van der Waals surface area contributed by atoms with Gasteiger partial charge in [0, 0.05) is 12.6 Å². The number of hydrogen-bond donors (Lipinski definition) is 2. The predicted molar refractivity (Wildman–Crippen MR) is 73.2 cm³/mol. The van der Waals surface area contributed by atoms with Gasteiger partial charge in [0.05, 0.1) is 13.2 Å². The maximum Gasteiger partial charge on any atom is 0.218 e. The van der Waals surface area contributed by atoms with E-state index in [1.54, 1.807) is 20.1 Å². The van der Waals surface area contributed by atoms with E-state index in [-0.39, 0.29) is 0 Å². The quantitative estimate of drug-likeness (QED) is 0.859. The second-order valence-electron chi connectivity index (χ2n) is 4.15. The molecule has 0 bridgehead atoms. The minimum Gasteiger partial charge on any atom is -0.481 e. The number of ether oxygens (including phenoxy) is 1. The van der Waals surface area contributed by atoms with Crippen LogP contribution in [0.15, 0.2) is 36.4 Å².